The second kappa shape index (κ2) is 6.12. The quantitative estimate of drug-likeness (QED) is 0.599. The number of anilines is 1. The zero-order chi connectivity index (χ0) is 13.7. The fourth-order valence-corrected chi connectivity index (χ4v) is 1.80. The van der Waals surface area contributed by atoms with Crippen molar-refractivity contribution in [3.63, 3.8) is 0 Å². The average molecular weight is 239 g/mol. The number of terminal acetylenes is 1. The number of allylic oxidation sites excluding steroid dienone is 2. The molecule has 0 heterocycles. The Balaban J connectivity index is 3.00. The average Bonchev–Trinajstić information content (AvgIpc) is 2.39. The molecular formula is C17H21N. The number of hydrogen-bond acceptors (Lipinski definition) is 1. The van der Waals surface area contributed by atoms with Crippen LogP contribution in [0.1, 0.15) is 25.3 Å². The van der Waals surface area contributed by atoms with Crippen LogP contribution in [-0.4, -0.2) is 7.05 Å². The van der Waals surface area contributed by atoms with Gasteiger partial charge in [0.25, 0.3) is 0 Å². The Bertz CT molecular complexity index is 471. The lowest BCUT2D eigenvalue weighted by Gasteiger charge is -2.19. The Morgan fingerprint density at radius 1 is 1.17 bits per heavy atom. The van der Waals surface area contributed by atoms with Crippen molar-refractivity contribution in [2.24, 2.45) is 5.92 Å². The maximum atomic E-state index is 5.65. The van der Waals surface area contributed by atoms with Crippen molar-refractivity contribution in [2.45, 2.75) is 19.8 Å². The van der Waals surface area contributed by atoms with Crippen LogP contribution in [-0.2, 0) is 0 Å². The van der Waals surface area contributed by atoms with Crippen molar-refractivity contribution < 1.29 is 0 Å². The normalized spacial score (nSPS) is 11.7. The highest BCUT2D eigenvalue weighted by Crippen LogP contribution is 2.30. The maximum Gasteiger partial charge on any atom is 0.0696 e. The summed E-state index contributed by atoms with van der Waals surface area (Å²) in [5.74, 6) is 3.08. The van der Waals surface area contributed by atoms with E-state index in [9.17, 15) is 0 Å². The molecule has 0 aliphatic carbocycles. The van der Waals surface area contributed by atoms with E-state index < -0.39 is 0 Å². The molecule has 1 rings (SSSR count). The number of rotatable bonds is 5. The first kappa shape index (κ1) is 14.1. The molecule has 0 radical (unpaired) electrons. The molecule has 0 bridgehead atoms. The summed E-state index contributed by atoms with van der Waals surface area (Å²) in [6, 6.07) is 8.11. The summed E-state index contributed by atoms with van der Waals surface area (Å²) in [5, 5.41) is 3.09. The fourth-order valence-electron chi connectivity index (χ4n) is 1.80. The van der Waals surface area contributed by atoms with Crippen LogP contribution in [0.3, 0.4) is 0 Å². The molecule has 0 spiro atoms. The minimum atomic E-state index is -0.0918. The summed E-state index contributed by atoms with van der Waals surface area (Å²) in [4.78, 5) is 0. The van der Waals surface area contributed by atoms with Gasteiger partial charge in [0.05, 0.1) is 5.92 Å². The van der Waals surface area contributed by atoms with E-state index in [4.69, 9.17) is 6.42 Å². The number of benzene rings is 1. The smallest absolute Gasteiger partial charge is 0.0696 e. The Kier molecular flexibility index (Phi) is 4.80. The third-order valence-electron chi connectivity index (χ3n) is 3.16. The molecule has 0 saturated heterocycles. The molecule has 0 aromatic heterocycles. The molecule has 1 unspecified atom stereocenters. The third-order valence-corrected chi connectivity index (χ3v) is 3.16. The van der Waals surface area contributed by atoms with E-state index in [0.717, 1.165) is 22.4 Å². The van der Waals surface area contributed by atoms with Crippen LogP contribution in [0, 0.1) is 18.3 Å². The highest BCUT2D eigenvalue weighted by molar-refractivity contribution is 5.50. The maximum absolute atomic E-state index is 5.65. The molecule has 0 amide bonds. The van der Waals surface area contributed by atoms with Crippen LogP contribution in [0.4, 0.5) is 5.69 Å². The van der Waals surface area contributed by atoms with E-state index in [2.05, 4.69) is 38.2 Å². The van der Waals surface area contributed by atoms with E-state index in [1.807, 2.05) is 31.3 Å². The largest absolute Gasteiger partial charge is 0.388 e. The van der Waals surface area contributed by atoms with Gasteiger partial charge in [-0.15, -0.1) is 6.42 Å². The Hall–Kier alpha value is -1.94. The van der Waals surface area contributed by atoms with E-state index in [-0.39, 0.29) is 5.92 Å². The molecule has 0 saturated carbocycles. The molecule has 0 aliphatic rings. The van der Waals surface area contributed by atoms with E-state index in [0.29, 0.717) is 5.92 Å². The zero-order valence-corrected chi connectivity index (χ0v) is 11.5. The number of nitrogens with one attached hydrogen (secondary N) is 1. The van der Waals surface area contributed by atoms with Crippen LogP contribution in [0.15, 0.2) is 48.6 Å². The fraction of sp³-hybridized carbons (Fsp3) is 0.294. The van der Waals surface area contributed by atoms with Gasteiger partial charge in [-0.3, -0.25) is 0 Å². The van der Waals surface area contributed by atoms with Crippen molar-refractivity contribution in [2.75, 3.05) is 12.4 Å². The van der Waals surface area contributed by atoms with Crippen LogP contribution in [0.2, 0.25) is 0 Å². The van der Waals surface area contributed by atoms with Crippen LogP contribution in [0.5, 0.6) is 0 Å². The first-order chi connectivity index (χ1) is 8.51. The Morgan fingerprint density at radius 2 is 1.72 bits per heavy atom. The van der Waals surface area contributed by atoms with Crippen molar-refractivity contribution in [3.8, 4) is 12.3 Å². The Morgan fingerprint density at radius 3 is 2.11 bits per heavy atom. The van der Waals surface area contributed by atoms with Crippen molar-refractivity contribution in [1.82, 2.24) is 0 Å². The van der Waals surface area contributed by atoms with Gasteiger partial charge in [0, 0.05) is 12.7 Å². The van der Waals surface area contributed by atoms with Crippen LogP contribution >= 0.6 is 0 Å². The summed E-state index contributed by atoms with van der Waals surface area (Å²) in [5.41, 5.74) is 4.12. The summed E-state index contributed by atoms with van der Waals surface area (Å²) in [7, 11) is 1.90. The second-order valence-electron chi connectivity index (χ2n) is 4.68. The van der Waals surface area contributed by atoms with Gasteiger partial charge in [0.1, 0.15) is 0 Å². The topological polar surface area (TPSA) is 12.0 Å². The molecule has 1 aromatic rings. The van der Waals surface area contributed by atoms with Gasteiger partial charge in [-0.25, -0.2) is 0 Å². The molecule has 1 N–H and O–H groups in total. The third kappa shape index (κ3) is 3.05. The van der Waals surface area contributed by atoms with Gasteiger partial charge in [-0.1, -0.05) is 45.1 Å². The van der Waals surface area contributed by atoms with Crippen LogP contribution < -0.4 is 5.32 Å². The van der Waals surface area contributed by atoms with Gasteiger partial charge >= 0.3 is 0 Å². The molecule has 0 aliphatic heterocycles. The molecular weight excluding hydrogens is 218 g/mol. The monoisotopic (exact) mass is 239 g/mol. The lowest BCUT2D eigenvalue weighted by atomic mass is 9.85. The molecule has 1 nitrogen and oxygen atoms in total. The lowest BCUT2D eigenvalue weighted by molar-refractivity contribution is 0.766. The first-order valence-corrected chi connectivity index (χ1v) is 6.13. The highest BCUT2D eigenvalue weighted by atomic mass is 14.8. The molecule has 94 valence electrons. The zero-order valence-electron chi connectivity index (χ0n) is 11.5. The van der Waals surface area contributed by atoms with Gasteiger partial charge in [-0.2, -0.15) is 0 Å². The van der Waals surface area contributed by atoms with Crippen LogP contribution in [0.25, 0.3) is 0 Å². The molecule has 18 heavy (non-hydrogen) atoms. The predicted molar refractivity (Wildman–Crippen MR) is 80.7 cm³/mol. The van der Waals surface area contributed by atoms with Crippen molar-refractivity contribution in [3.05, 3.63) is 54.1 Å². The summed E-state index contributed by atoms with van der Waals surface area (Å²) in [6.45, 7) is 12.4. The van der Waals surface area contributed by atoms with E-state index >= 15 is 0 Å². The van der Waals surface area contributed by atoms with E-state index in [1.54, 1.807) is 0 Å². The highest BCUT2D eigenvalue weighted by Gasteiger charge is 2.16. The van der Waals surface area contributed by atoms with Gasteiger partial charge in [0.15, 0.2) is 0 Å². The van der Waals surface area contributed by atoms with Crippen molar-refractivity contribution >= 4 is 5.69 Å². The Labute approximate surface area is 111 Å². The second-order valence-corrected chi connectivity index (χ2v) is 4.68. The number of hydrogen-bond donors (Lipinski definition) is 1. The van der Waals surface area contributed by atoms with Gasteiger partial charge in [0.2, 0.25) is 0 Å². The van der Waals surface area contributed by atoms with E-state index in [1.165, 1.54) is 0 Å². The standard InChI is InChI=1S/C17H21N/c1-7-17(14(5)13(4)12(2)3)15-8-10-16(18-6)11-9-15/h1,8-12,17-18H,4-5H2,2-3,6H3. The predicted octanol–water partition coefficient (Wildman–Crippen LogP) is 4.21. The first-order valence-electron chi connectivity index (χ1n) is 6.13. The minimum absolute atomic E-state index is 0.0918. The molecule has 0 fully saturated rings. The van der Waals surface area contributed by atoms with Gasteiger partial charge < -0.3 is 5.32 Å². The molecule has 1 heteroatoms. The minimum Gasteiger partial charge on any atom is -0.388 e. The summed E-state index contributed by atoms with van der Waals surface area (Å²) < 4.78 is 0. The van der Waals surface area contributed by atoms with Gasteiger partial charge in [-0.05, 0) is 34.8 Å². The molecule has 1 aromatic carbocycles. The summed E-state index contributed by atoms with van der Waals surface area (Å²) in [6.07, 6.45) is 5.65. The SMILES string of the molecule is C#CC(C(=C)C(=C)C(C)C)c1ccc(NC)cc1. The summed E-state index contributed by atoms with van der Waals surface area (Å²) >= 11 is 0. The molecule has 1 atom stereocenters. The lowest BCUT2D eigenvalue weighted by Crippen LogP contribution is -2.05. The van der Waals surface area contributed by atoms with Crippen molar-refractivity contribution in [1.29, 1.82) is 0 Å².